The predicted molar refractivity (Wildman–Crippen MR) is 29.8 cm³/mol. The average Bonchev–Trinajstić information content (AvgIpc) is 1.64. The third kappa shape index (κ3) is 3.75. The first kappa shape index (κ1) is 14.0. The van der Waals surface area contributed by atoms with Gasteiger partial charge in [0.1, 0.15) is 16.8 Å². The van der Waals surface area contributed by atoms with Crippen molar-refractivity contribution in [2.45, 2.75) is 18.6 Å². The molecule has 0 radical (unpaired) electrons. The standard InChI is InChI=1S/C4H9FO3S.K/c1-4(2,3-5)9(6,7)8;/h3H2,1-2H3,(H,6,7,8);/q;+1/p-1. The molecule has 0 fully saturated rings. The Hall–Kier alpha value is 1.48. The smallest absolute Gasteiger partial charge is 0.747 e. The van der Waals surface area contributed by atoms with Crippen molar-refractivity contribution in [2.24, 2.45) is 0 Å². The van der Waals surface area contributed by atoms with Gasteiger partial charge in [-0.2, -0.15) is 0 Å². The summed E-state index contributed by atoms with van der Waals surface area (Å²) in [4.78, 5) is 0. The molecule has 0 amide bonds. The van der Waals surface area contributed by atoms with E-state index < -0.39 is 21.5 Å². The number of hydrogen-bond donors (Lipinski definition) is 0. The van der Waals surface area contributed by atoms with Crippen LogP contribution >= 0.6 is 0 Å². The van der Waals surface area contributed by atoms with Gasteiger partial charge in [-0.05, 0) is 13.8 Å². The first-order chi connectivity index (χ1) is 3.81. The monoisotopic (exact) mass is 194 g/mol. The van der Waals surface area contributed by atoms with E-state index in [1.54, 1.807) is 0 Å². The summed E-state index contributed by atoms with van der Waals surface area (Å²) >= 11 is 0. The van der Waals surface area contributed by atoms with E-state index in [0.29, 0.717) is 0 Å². The van der Waals surface area contributed by atoms with Crippen molar-refractivity contribution in [1.29, 1.82) is 0 Å². The minimum absolute atomic E-state index is 0. The van der Waals surface area contributed by atoms with E-state index in [1.165, 1.54) is 0 Å². The fourth-order valence-corrected chi connectivity index (χ4v) is 0.200. The van der Waals surface area contributed by atoms with Crippen LogP contribution in [0.25, 0.3) is 0 Å². The Morgan fingerprint density at radius 3 is 1.80 bits per heavy atom. The van der Waals surface area contributed by atoms with Gasteiger partial charge in [0, 0.05) is 0 Å². The fourth-order valence-electron chi connectivity index (χ4n) is 0.0668. The molecule has 0 saturated carbocycles. The van der Waals surface area contributed by atoms with Crippen LogP contribution in [0.1, 0.15) is 13.8 Å². The SMILES string of the molecule is CC(C)(CF)S(=O)(=O)[O-].[K+]. The van der Waals surface area contributed by atoms with Crippen LogP contribution in [-0.2, 0) is 10.1 Å². The van der Waals surface area contributed by atoms with E-state index in [9.17, 15) is 17.4 Å². The molecule has 0 aromatic rings. The summed E-state index contributed by atoms with van der Waals surface area (Å²) in [5, 5.41) is 0. The molecule has 6 heteroatoms. The Bertz CT molecular complexity index is 187. The molecule has 0 rings (SSSR count). The summed E-state index contributed by atoms with van der Waals surface area (Å²) < 4.78 is 40.2. The van der Waals surface area contributed by atoms with Gasteiger partial charge in [0.05, 0.1) is 4.75 Å². The van der Waals surface area contributed by atoms with E-state index >= 15 is 0 Å². The number of rotatable bonds is 2. The van der Waals surface area contributed by atoms with Gasteiger partial charge in [-0.15, -0.1) is 0 Å². The molecule has 0 heterocycles. The van der Waals surface area contributed by atoms with E-state index in [-0.39, 0.29) is 51.4 Å². The second kappa shape index (κ2) is 4.49. The molecule has 0 aliphatic carbocycles. The maximum absolute atomic E-state index is 11.7. The molecule has 0 saturated heterocycles. The maximum atomic E-state index is 11.7. The van der Waals surface area contributed by atoms with Crippen molar-refractivity contribution < 1.29 is 68.7 Å². The van der Waals surface area contributed by atoms with Gasteiger partial charge >= 0.3 is 51.4 Å². The summed E-state index contributed by atoms with van der Waals surface area (Å²) in [6, 6.07) is 0. The Kier molecular flexibility index (Phi) is 6.30. The van der Waals surface area contributed by atoms with Gasteiger partial charge in [0.25, 0.3) is 0 Å². The predicted octanol–water partition coefficient (Wildman–Crippen LogP) is -2.72. The summed E-state index contributed by atoms with van der Waals surface area (Å²) in [5.74, 6) is 0. The molecule has 56 valence electrons. The largest absolute Gasteiger partial charge is 1.00 e. The normalized spacial score (nSPS) is 12.4. The van der Waals surface area contributed by atoms with E-state index in [0.717, 1.165) is 13.8 Å². The third-order valence-corrected chi connectivity index (χ3v) is 2.46. The number of alkyl halides is 1. The van der Waals surface area contributed by atoms with Gasteiger partial charge in [0.2, 0.25) is 0 Å². The molecule has 10 heavy (non-hydrogen) atoms. The van der Waals surface area contributed by atoms with Crippen LogP contribution < -0.4 is 51.4 Å². The van der Waals surface area contributed by atoms with E-state index in [1.807, 2.05) is 0 Å². The second-order valence-electron chi connectivity index (χ2n) is 2.35. The zero-order valence-corrected chi connectivity index (χ0v) is 10.2. The molecule has 3 nitrogen and oxygen atoms in total. The van der Waals surface area contributed by atoms with E-state index in [2.05, 4.69) is 0 Å². The fraction of sp³-hybridized carbons (Fsp3) is 1.00. The summed E-state index contributed by atoms with van der Waals surface area (Å²) in [6.45, 7) is 0.962. The Morgan fingerprint density at radius 1 is 1.50 bits per heavy atom. The van der Waals surface area contributed by atoms with Crippen molar-refractivity contribution in [1.82, 2.24) is 0 Å². The molecule has 0 aromatic carbocycles. The molecule has 0 spiro atoms. The van der Waals surface area contributed by atoms with Gasteiger partial charge < -0.3 is 4.55 Å². The van der Waals surface area contributed by atoms with Crippen molar-refractivity contribution in [2.75, 3.05) is 6.67 Å². The van der Waals surface area contributed by atoms with Crippen LogP contribution in [0.5, 0.6) is 0 Å². The van der Waals surface area contributed by atoms with Crippen LogP contribution in [0.15, 0.2) is 0 Å². The van der Waals surface area contributed by atoms with Crippen LogP contribution in [0.2, 0.25) is 0 Å². The number of hydrogen-bond acceptors (Lipinski definition) is 3. The van der Waals surface area contributed by atoms with Gasteiger partial charge in [-0.1, -0.05) is 0 Å². The second-order valence-corrected chi connectivity index (χ2v) is 4.36. The van der Waals surface area contributed by atoms with Gasteiger partial charge in [-0.3, -0.25) is 0 Å². The van der Waals surface area contributed by atoms with Crippen LogP contribution in [-0.4, -0.2) is 24.4 Å². The molecule has 0 bridgehead atoms. The summed E-state index contributed by atoms with van der Waals surface area (Å²) in [5.41, 5.74) is 0. The third-order valence-electron chi connectivity index (χ3n) is 0.999. The summed E-state index contributed by atoms with van der Waals surface area (Å²) in [6.07, 6.45) is 0. The Morgan fingerprint density at radius 2 is 1.80 bits per heavy atom. The quantitative estimate of drug-likeness (QED) is 0.354. The zero-order valence-electron chi connectivity index (χ0n) is 6.22. The topological polar surface area (TPSA) is 57.2 Å². The molecule has 0 aliphatic rings. The zero-order chi connectivity index (χ0) is 7.71. The van der Waals surface area contributed by atoms with Crippen molar-refractivity contribution in [3.8, 4) is 0 Å². The minimum atomic E-state index is -4.48. The molecule has 0 N–H and O–H groups in total. The first-order valence-corrected chi connectivity index (χ1v) is 3.73. The number of halogens is 1. The van der Waals surface area contributed by atoms with Gasteiger partial charge in [0.15, 0.2) is 0 Å². The molecule has 0 unspecified atom stereocenters. The Labute approximate surface area is 103 Å². The summed E-state index contributed by atoms with van der Waals surface area (Å²) in [7, 11) is -4.48. The molecule has 0 aromatic heterocycles. The van der Waals surface area contributed by atoms with E-state index in [4.69, 9.17) is 0 Å². The van der Waals surface area contributed by atoms with Crippen molar-refractivity contribution in [3.05, 3.63) is 0 Å². The molecular formula is C4H8FKO3S. The first-order valence-electron chi connectivity index (χ1n) is 2.32. The van der Waals surface area contributed by atoms with Crippen molar-refractivity contribution in [3.63, 3.8) is 0 Å². The van der Waals surface area contributed by atoms with Crippen LogP contribution in [0.3, 0.4) is 0 Å². The minimum Gasteiger partial charge on any atom is -0.747 e. The van der Waals surface area contributed by atoms with Crippen molar-refractivity contribution >= 4 is 10.1 Å². The Balaban J connectivity index is 0. The van der Waals surface area contributed by atoms with Crippen LogP contribution in [0, 0.1) is 0 Å². The molecule has 0 aliphatic heterocycles. The van der Waals surface area contributed by atoms with Gasteiger partial charge in [-0.25, -0.2) is 12.8 Å². The average molecular weight is 194 g/mol. The molecular weight excluding hydrogens is 186 g/mol. The maximum Gasteiger partial charge on any atom is 1.00 e. The van der Waals surface area contributed by atoms with Crippen LogP contribution in [0.4, 0.5) is 4.39 Å². The molecule has 0 atom stereocenters.